The number of aromatic hydroxyl groups is 2. The fourth-order valence-corrected chi connectivity index (χ4v) is 4.13. The number of aliphatic hydroxyl groups excluding tert-OH is 1. The van der Waals surface area contributed by atoms with Gasteiger partial charge in [0.1, 0.15) is 28.8 Å². The Labute approximate surface area is 202 Å². The molecule has 1 unspecified atom stereocenters. The zero-order valence-corrected chi connectivity index (χ0v) is 19.3. The van der Waals surface area contributed by atoms with E-state index < -0.39 is 23.5 Å². The van der Waals surface area contributed by atoms with Crippen molar-refractivity contribution in [1.29, 1.82) is 0 Å². The van der Waals surface area contributed by atoms with E-state index in [1.807, 2.05) is 6.92 Å². The maximum Gasteiger partial charge on any atom is 0.300 e. The van der Waals surface area contributed by atoms with E-state index in [0.717, 1.165) is 4.90 Å². The molecule has 1 saturated heterocycles. The van der Waals surface area contributed by atoms with Crippen molar-refractivity contribution in [2.24, 2.45) is 0 Å². The average molecular weight is 475 g/mol. The van der Waals surface area contributed by atoms with Gasteiger partial charge in [0.2, 0.25) is 0 Å². The molecule has 0 aromatic heterocycles. The minimum absolute atomic E-state index is 0.0820. The predicted octanol–water partition coefficient (Wildman–Crippen LogP) is 4.52. The topological polar surface area (TPSA) is 117 Å². The third-order valence-corrected chi connectivity index (χ3v) is 5.59. The van der Waals surface area contributed by atoms with Crippen LogP contribution in [-0.2, 0) is 9.59 Å². The van der Waals surface area contributed by atoms with E-state index in [0.29, 0.717) is 17.9 Å². The average Bonchev–Trinajstić information content (AvgIpc) is 3.10. The fourth-order valence-electron chi connectivity index (χ4n) is 4.13. The summed E-state index contributed by atoms with van der Waals surface area (Å²) in [5.74, 6) is -1.80. The number of phenols is 2. The molecule has 8 nitrogen and oxygen atoms in total. The summed E-state index contributed by atoms with van der Waals surface area (Å²) in [6.07, 6.45) is 0. The molecule has 1 aliphatic rings. The van der Waals surface area contributed by atoms with Crippen molar-refractivity contribution in [2.75, 3.05) is 18.1 Å². The lowest BCUT2D eigenvalue weighted by Gasteiger charge is -2.26. The molecule has 8 heteroatoms. The number of amides is 1. The van der Waals surface area contributed by atoms with E-state index in [-0.39, 0.29) is 40.7 Å². The number of benzene rings is 3. The highest BCUT2D eigenvalue weighted by atomic mass is 16.5. The molecule has 0 spiro atoms. The van der Waals surface area contributed by atoms with Gasteiger partial charge in [-0.15, -0.1) is 0 Å². The van der Waals surface area contributed by atoms with Crippen molar-refractivity contribution in [3.05, 3.63) is 83.4 Å². The van der Waals surface area contributed by atoms with Gasteiger partial charge in [0.25, 0.3) is 11.7 Å². The molecule has 1 atom stereocenters. The Bertz CT molecular complexity index is 1310. The van der Waals surface area contributed by atoms with Gasteiger partial charge in [0.05, 0.1) is 36.1 Å². The highest BCUT2D eigenvalue weighted by molar-refractivity contribution is 6.52. The Morgan fingerprint density at radius 2 is 1.66 bits per heavy atom. The summed E-state index contributed by atoms with van der Waals surface area (Å²) in [6, 6.07) is 15.8. The number of Topliss-reactive ketones (excluding diaryl/α,β-unsaturated/α-hetero) is 1. The third-order valence-electron chi connectivity index (χ3n) is 5.59. The van der Waals surface area contributed by atoms with Crippen LogP contribution in [0.3, 0.4) is 0 Å². The van der Waals surface area contributed by atoms with Crippen molar-refractivity contribution >= 4 is 23.1 Å². The molecule has 35 heavy (non-hydrogen) atoms. The molecule has 180 valence electrons. The second-order valence-corrected chi connectivity index (χ2v) is 7.78. The summed E-state index contributed by atoms with van der Waals surface area (Å²) >= 11 is 0. The summed E-state index contributed by atoms with van der Waals surface area (Å²) in [6.45, 7) is 4.34. The van der Waals surface area contributed by atoms with Gasteiger partial charge >= 0.3 is 0 Å². The lowest BCUT2D eigenvalue weighted by molar-refractivity contribution is -0.132. The second kappa shape index (κ2) is 9.80. The van der Waals surface area contributed by atoms with Gasteiger partial charge in [-0.3, -0.25) is 14.5 Å². The molecule has 4 rings (SSSR count). The maximum absolute atomic E-state index is 13.3. The van der Waals surface area contributed by atoms with Crippen molar-refractivity contribution in [3.63, 3.8) is 0 Å². The number of carbonyl (C=O) groups excluding carboxylic acids is 2. The number of phenolic OH excluding ortho intramolecular Hbond substituents is 2. The zero-order valence-electron chi connectivity index (χ0n) is 19.3. The summed E-state index contributed by atoms with van der Waals surface area (Å²) in [7, 11) is 0. The number of aliphatic hydroxyl groups is 1. The van der Waals surface area contributed by atoms with Crippen molar-refractivity contribution in [1.82, 2.24) is 0 Å². The summed E-state index contributed by atoms with van der Waals surface area (Å²) in [5, 5.41) is 32.0. The smallest absolute Gasteiger partial charge is 0.300 e. The number of ketones is 1. The second-order valence-electron chi connectivity index (χ2n) is 7.78. The maximum atomic E-state index is 13.3. The van der Waals surface area contributed by atoms with Gasteiger partial charge in [0.15, 0.2) is 0 Å². The standard InChI is InChI=1S/C27H25NO7/c1-3-34-18-12-13-19(22(15-18)35-4-2)25(31)23-24(16-8-7-9-17(29)14-16)28(27(33)26(23)32)20-10-5-6-11-21(20)30/h5-15,24,29-31H,3-4H2,1-2H3/b25-23-. The van der Waals surface area contributed by atoms with Gasteiger partial charge in [-0.25, -0.2) is 0 Å². The van der Waals surface area contributed by atoms with E-state index in [4.69, 9.17) is 9.47 Å². The van der Waals surface area contributed by atoms with Crippen LogP contribution in [-0.4, -0.2) is 40.2 Å². The number of anilines is 1. The lowest BCUT2D eigenvalue weighted by Crippen LogP contribution is -2.29. The minimum Gasteiger partial charge on any atom is -0.508 e. The number of nitrogens with zero attached hydrogens (tertiary/aromatic N) is 1. The van der Waals surface area contributed by atoms with Crippen LogP contribution in [0.1, 0.15) is 31.0 Å². The van der Waals surface area contributed by atoms with E-state index in [9.17, 15) is 24.9 Å². The van der Waals surface area contributed by atoms with Gasteiger partial charge in [-0.05, 0) is 55.8 Å². The molecule has 0 aliphatic carbocycles. The Morgan fingerprint density at radius 1 is 0.914 bits per heavy atom. The van der Waals surface area contributed by atoms with Crippen LogP contribution in [0.15, 0.2) is 72.3 Å². The molecule has 1 aliphatic heterocycles. The Kier molecular flexibility index (Phi) is 6.64. The lowest BCUT2D eigenvalue weighted by atomic mass is 9.94. The van der Waals surface area contributed by atoms with E-state index in [1.165, 1.54) is 24.3 Å². The van der Waals surface area contributed by atoms with E-state index in [2.05, 4.69) is 0 Å². The fraction of sp³-hybridized carbons (Fsp3) is 0.185. The predicted molar refractivity (Wildman–Crippen MR) is 130 cm³/mol. The number of carbonyl (C=O) groups is 2. The van der Waals surface area contributed by atoms with E-state index in [1.54, 1.807) is 49.4 Å². The largest absolute Gasteiger partial charge is 0.508 e. The van der Waals surface area contributed by atoms with Crippen LogP contribution in [0.4, 0.5) is 5.69 Å². The Morgan fingerprint density at radius 3 is 2.34 bits per heavy atom. The molecular formula is C27H25NO7. The quantitative estimate of drug-likeness (QED) is 0.261. The minimum atomic E-state index is -1.11. The summed E-state index contributed by atoms with van der Waals surface area (Å²) < 4.78 is 11.2. The first-order valence-electron chi connectivity index (χ1n) is 11.1. The van der Waals surface area contributed by atoms with Crippen LogP contribution in [0.25, 0.3) is 5.76 Å². The molecule has 3 N–H and O–H groups in total. The zero-order chi connectivity index (χ0) is 25.1. The monoisotopic (exact) mass is 475 g/mol. The highest BCUT2D eigenvalue weighted by Crippen LogP contribution is 2.46. The third kappa shape index (κ3) is 4.38. The first-order valence-corrected chi connectivity index (χ1v) is 11.1. The summed E-state index contributed by atoms with van der Waals surface area (Å²) in [5.41, 5.74) is 0.473. The summed E-state index contributed by atoms with van der Waals surface area (Å²) in [4.78, 5) is 27.7. The number of hydrogen-bond donors (Lipinski definition) is 3. The van der Waals surface area contributed by atoms with Crippen LogP contribution in [0, 0.1) is 0 Å². The molecule has 1 fully saturated rings. The highest BCUT2D eigenvalue weighted by Gasteiger charge is 2.48. The van der Waals surface area contributed by atoms with Crippen molar-refractivity contribution < 1.29 is 34.4 Å². The van der Waals surface area contributed by atoms with Gasteiger partial charge < -0.3 is 24.8 Å². The van der Waals surface area contributed by atoms with E-state index >= 15 is 0 Å². The molecule has 3 aromatic carbocycles. The number of hydrogen-bond acceptors (Lipinski definition) is 7. The molecule has 1 heterocycles. The molecule has 3 aromatic rings. The van der Waals surface area contributed by atoms with Crippen LogP contribution >= 0.6 is 0 Å². The van der Waals surface area contributed by atoms with Crippen LogP contribution < -0.4 is 14.4 Å². The normalized spacial score (nSPS) is 17.0. The van der Waals surface area contributed by atoms with Crippen molar-refractivity contribution in [3.8, 4) is 23.0 Å². The molecule has 0 saturated carbocycles. The van der Waals surface area contributed by atoms with Crippen LogP contribution in [0.5, 0.6) is 23.0 Å². The van der Waals surface area contributed by atoms with Crippen molar-refractivity contribution in [2.45, 2.75) is 19.9 Å². The van der Waals surface area contributed by atoms with Crippen LogP contribution in [0.2, 0.25) is 0 Å². The first kappa shape index (κ1) is 23.7. The molecule has 1 amide bonds. The SMILES string of the molecule is CCOc1ccc(/C(O)=C2/C(=O)C(=O)N(c3ccccc3O)C2c2cccc(O)c2)c(OCC)c1. The number of ether oxygens (including phenoxy) is 2. The van der Waals surface area contributed by atoms with Gasteiger partial charge in [-0.2, -0.15) is 0 Å². The number of para-hydroxylation sites is 2. The Balaban J connectivity index is 1.97. The Hall–Kier alpha value is -4.46. The molecule has 0 radical (unpaired) electrons. The molecular weight excluding hydrogens is 450 g/mol. The number of rotatable bonds is 7. The first-order chi connectivity index (χ1) is 16.9. The molecule has 0 bridgehead atoms. The van der Waals surface area contributed by atoms with Gasteiger partial charge in [0, 0.05) is 6.07 Å². The van der Waals surface area contributed by atoms with Gasteiger partial charge in [-0.1, -0.05) is 24.3 Å².